The Morgan fingerprint density at radius 1 is 1.00 bits per heavy atom. The van der Waals surface area contributed by atoms with Gasteiger partial charge in [-0.1, -0.05) is 36.4 Å². The lowest BCUT2D eigenvalue weighted by Crippen LogP contribution is -2.10. The number of imidazole rings is 1. The van der Waals surface area contributed by atoms with Crippen molar-refractivity contribution in [3.8, 4) is 17.1 Å². The van der Waals surface area contributed by atoms with Crippen LogP contribution in [0.5, 0.6) is 5.88 Å². The molecule has 0 aliphatic heterocycles. The summed E-state index contributed by atoms with van der Waals surface area (Å²) in [4.78, 5) is 20.7. The highest BCUT2D eigenvalue weighted by molar-refractivity contribution is 5.92. The Kier molecular flexibility index (Phi) is 7.18. The predicted octanol–water partition coefficient (Wildman–Crippen LogP) is 6.50. The Balaban J connectivity index is 1.23. The molecule has 0 atom stereocenters. The maximum atomic E-state index is 15.4. The van der Waals surface area contributed by atoms with Gasteiger partial charge in [0.25, 0.3) is 0 Å². The molecule has 0 fully saturated rings. The van der Waals surface area contributed by atoms with E-state index in [1.807, 2.05) is 41.0 Å². The third-order valence-electron chi connectivity index (χ3n) is 6.95. The van der Waals surface area contributed by atoms with E-state index in [9.17, 15) is 9.90 Å². The molecule has 6 rings (SSSR count). The van der Waals surface area contributed by atoms with Crippen molar-refractivity contribution < 1.29 is 28.2 Å². The molecule has 0 amide bonds. The number of hydrogen-bond acceptors (Lipinski definition) is 6. The van der Waals surface area contributed by atoms with Crippen LogP contribution in [0.2, 0.25) is 0 Å². The molecule has 0 spiro atoms. The molecule has 8 nitrogen and oxygen atoms in total. The van der Waals surface area contributed by atoms with Crippen LogP contribution in [-0.4, -0.2) is 39.3 Å². The number of methoxy groups -OCH3 is 1. The van der Waals surface area contributed by atoms with Gasteiger partial charge in [-0.05, 0) is 42.0 Å². The zero-order valence-electron chi connectivity index (χ0n) is 22.2. The van der Waals surface area contributed by atoms with E-state index in [1.54, 1.807) is 43.7 Å². The highest BCUT2D eigenvalue weighted by atomic mass is 19.1. The zero-order chi connectivity index (χ0) is 28.3. The first-order chi connectivity index (χ1) is 20.0. The highest BCUT2D eigenvalue weighted by Crippen LogP contribution is 2.26. The number of fused-ring (bicyclic) bond motifs is 2. The lowest BCUT2D eigenvalue weighted by atomic mass is 10.1. The molecule has 0 saturated heterocycles. The minimum absolute atomic E-state index is 0.162. The number of nitrogens with zero attached hydrogens (tertiary/aromatic N) is 3. The smallest absolute Gasteiger partial charge is 0.335 e. The molecule has 3 aromatic heterocycles. The van der Waals surface area contributed by atoms with Crippen molar-refractivity contribution in [2.24, 2.45) is 0 Å². The Bertz CT molecular complexity index is 1880. The monoisotopic (exact) mass is 551 g/mol. The van der Waals surface area contributed by atoms with Crippen LogP contribution in [0.25, 0.3) is 33.3 Å². The number of ether oxygens (including phenoxy) is 2. The van der Waals surface area contributed by atoms with Gasteiger partial charge >= 0.3 is 5.97 Å². The Labute approximate surface area is 234 Å². The molecule has 0 bridgehead atoms. The summed E-state index contributed by atoms with van der Waals surface area (Å²) in [7, 11) is 1.59. The second kappa shape index (κ2) is 11.2. The summed E-state index contributed by atoms with van der Waals surface area (Å²) >= 11 is 0. The van der Waals surface area contributed by atoms with Gasteiger partial charge in [0.05, 0.1) is 35.2 Å². The minimum atomic E-state index is -1.02. The van der Waals surface area contributed by atoms with E-state index < -0.39 is 11.8 Å². The third kappa shape index (κ3) is 5.39. The number of carboxylic acid groups (broad SMARTS) is 1. The van der Waals surface area contributed by atoms with Gasteiger partial charge in [0.2, 0.25) is 5.88 Å². The Hall–Kier alpha value is -5.02. The number of aromatic nitrogens is 3. The first-order valence-electron chi connectivity index (χ1n) is 13.1. The van der Waals surface area contributed by atoms with Crippen molar-refractivity contribution in [1.82, 2.24) is 14.5 Å². The number of furan rings is 1. The minimum Gasteiger partial charge on any atom is -0.478 e. The number of para-hydroxylation sites is 1. The van der Waals surface area contributed by atoms with E-state index in [0.717, 1.165) is 16.5 Å². The third-order valence-corrected chi connectivity index (χ3v) is 6.95. The maximum Gasteiger partial charge on any atom is 0.335 e. The number of pyridine rings is 1. The first-order valence-corrected chi connectivity index (χ1v) is 13.1. The van der Waals surface area contributed by atoms with Crippen LogP contribution in [0.15, 0.2) is 89.5 Å². The number of hydrogen-bond donors (Lipinski definition) is 1. The number of aromatic carboxylic acids is 1. The summed E-state index contributed by atoms with van der Waals surface area (Å²) in [5.41, 5.74) is 4.81. The van der Waals surface area contributed by atoms with Gasteiger partial charge in [-0.15, -0.1) is 0 Å². The van der Waals surface area contributed by atoms with Crippen LogP contribution in [-0.2, 0) is 24.3 Å². The predicted molar refractivity (Wildman–Crippen MR) is 152 cm³/mol. The van der Waals surface area contributed by atoms with Crippen LogP contribution in [0.3, 0.4) is 0 Å². The van der Waals surface area contributed by atoms with Crippen molar-refractivity contribution >= 4 is 28.0 Å². The molecular formula is C32H26FN3O5. The van der Waals surface area contributed by atoms with Crippen molar-refractivity contribution in [2.45, 2.75) is 19.6 Å². The van der Waals surface area contributed by atoms with Crippen LogP contribution >= 0.6 is 0 Å². The largest absolute Gasteiger partial charge is 0.478 e. The average Bonchev–Trinajstić information content (AvgIpc) is 3.60. The molecule has 41 heavy (non-hydrogen) atoms. The molecule has 1 N–H and O–H groups in total. The van der Waals surface area contributed by atoms with E-state index >= 15 is 4.39 Å². The van der Waals surface area contributed by atoms with Crippen molar-refractivity contribution in [2.75, 3.05) is 13.7 Å². The van der Waals surface area contributed by atoms with Crippen LogP contribution < -0.4 is 4.74 Å². The number of benzene rings is 3. The first kappa shape index (κ1) is 26.2. The summed E-state index contributed by atoms with van der Waals surface area (Å²) in [6, 6.07) is 22.9. The van der Waals surface area contributed by atoms with Gasteiger partial charge in [0, 0.05) is 42.7 Å². The molecule has 6 aromatic rings. The van der Waals surface area contributed by atoms with Crippen LogP contribution in [0.4, 0.5) is 4.39 Å². The number of halogens is 1. The SMILES string of the molecule is COCCn1c(Cc2ccc(-c3cccc(OCc4cccc5ccoc45)n3)cc2F)nc2ccc(C(=O)O)cc21. The van der Waals surface area contributed by atoms with Gasteiger partial charge in [-0.3, -0.25) is 0 Å². The maximum absolute atomic E-state index is 15.4. The molecule has 206 valence electrons. The molecule has 0 aliphatic carbocycles. The van der Waals surface area contributed by atoms with Gasteiger partial charge < -0.3 is 23.6 Å². The fourth-order valence-corrected chi connectivity index (χ4v) is 4.87. The highest BCUT2D eigenvalue weighted by Gasteiger charge is 2.16. The quantitative estimate of drug-likeness (QED) is 0.208. The Morgan fingerprint density at radius 2 is 1.88 bits per heavy atom. The van der Waals surface area contributed by atoms with Gasteiger partial charge in [-0.25, -0.2) is 19.2 Å². The molecule has 3 heterocycles. The van der Waals surface area contributed by atoms with E-state index in [1.165, 1.54) is 12.1 Å². The Morgan fingerprint density at radius 3 is 2.71 bits per heavy atom. The lowest BCUT2D eigenvalue weighted by Gasteiger charge is -2.11. The summed E-state index contributed by atoms with van der Waals surface area (Å²) in [6.45, 7) is 1.14. The van der Waals surface area contributed by atoms with Crippen molar-refractivity contribution in [1.29, 1.82) is 0 Å². The second-order valence-corrected chi connectivity index (χ2v) is 9.57. The fraction of sp³-hybridized carbons (Fsp3) is 0.156. The molecule has 0 aliphatic rings. The molecule has 0 unspecified atom stereocenters. The number of rotatable bonds is 10. The average molecular weight is 552 g/mol. The van der Waals surface area contributed by atoms with Crippen LogP contribution in [0.1, 0.15) is 27.3 Å². The van der Waals surface area contributed by atoms with E-state index in [4.69, 9.17) is 13.9 Å². The van der Waals surface area contributed by atoms with Gasteiger partial charge in [0.15, 0.2) is 0 Å². The molecule has 0 radical (unpaired) electrons. The van der Waals surface area contributed by atoms with Crippen molar-refractivity contribution in [3.63, 3.8) is 0 Å². The zero-order valence-corrected chi connectivity index (χ0v) is 22.2. The van der Waals surface area contributed by atoms with Gasteiger partial charge in [0.1, 0.15) is 23.8 Å². The van der Waals surface area contributed by atoms with Crippen molar-refractivity contribution in [3.05, 3.63) is 113 Å². The molecule has 0 saturated carbocycles. The normalized spacial score (nSPS) is 11.4. The molecular weight excluding hydrogens is 525 g/mol. The lowest BCUT2D eigenvalue weighted by molar-refractivity contribution is 0.0697. The summed E-state index contributed by atoms with van der Waals surface area (Å²) < 4.78 is 34.0. The van der Waals surface area contributed by atoms with Crippen LogP contribution in [0, 0.1) is 5.82 Å². The number of carbonyl (C=O) groups is 1. The second-order valence-electron chi connectivity index (χ2n) is 9.57. The topological polar surface area (TPSA) is 99.6 Å². The van der Waals surface area contributed by atoms with E-state index in [-0.39, 0.29) is 18.6 Å². The summed E-state index contributed by atoms with van der Waals surface area (Å²) in [5, 5.41) is 10.4. The molecule has 3 aromatic carbocycles. The number of carboxylic acids is 1. The standard InChI is InChI=1S/C32H26FN3O5/c1-39-15-13-36-28-17-23(32(37)38)10-11-27(28)34-29(36)18-21-8-9-22(16-25(21)33)26-6-3-7-30(35-26)41-19-24-5-2-4-20-12-14-40-31(20)24/h2-12,14,16-17H,13,15,18-19H2,1H3,(H,37,38). The van der Waals surface area contributed by atoms with E-state index in [0.29, 0.717) is 52.7 Å². The summed E-state index contributed by atoms with van der Waals surface area (Å²) in [5.74, 6) is -0.376. The summed E-state index contributed by atoms with van der Waals surface area (Å²) in [6.07, 6.45) is 1.87. The molecule has 9 heteroatoms. The van der Waals surface area contributed by atoms with E-state index in [2.05, 4.69) is 9.97 Å². The van der Waals surface area contributed by atoms with Gasteiger partial charge in [-0.2, -0.15) is 0 Å². The fourth-order valence-electron chi connectivity index (χ4n) is 4.87.